The van der Waals surface area contributed by atoms with Gasteiger partial charge in [0.15, 0.2) is 11.5 Å². The Labute approximate surface area is 93.8 Å². The van der Waals surface area contributed by atoms with Gasteiger partial charge in [0.2, 0.25) is 5.88 Å². The number of aromatic nitrogens is 2. The Balaban J connectivity index is 2.19. The molecule has 1 fully saturated rings. The van der Waals surface area contributed by atoms with Gasteiger partial charge in [0.05, 0.1) is 13.7 Å². The molecule has 5 nitrogen and oxygen atoms in total. The van der Waals surface area contributed by atoms with Crippen LogP contribution in [0.3, 0.4) is 0 Å². The van der Waals surface area contributed by atoms with E-state index >= 15 is 0 Å². The van der Waals surface area contributed by atoms with E-state index in [2.05, 4.69) is 9.97 Å². The molecule has 0 saturated carbocycles. The first-order valence-electron chi connectivity index (χ1n) is 5.30. The van der Waals surface area contributed by atoms with E-state index in [1.54, 1.807) is 0 Å². The first-order valence-corrected chi connectivity index (χ1v) is 5.30. The van der Waals surface area contributed by atoms with Crippen LogP contribution in [-0.4, -0.2) is 36.1 Å². The summed E-state index contributed by atoms with van der Waals surface area (Å²) in [6, 6.07) is 0. The Kier molecular flexibility index (Phi) is 3.46. The lowest BCUT2D eigenvalue weighted by atomic mass is 9.95. The lowest BCUT2D eigenvalue weighted by Crippen LogP contribution is -2.26. The first-order chi connectivity index (χ1) is 7.83. The summed E-state index contributed by atoms with van der Waals surface area (Å²) in [7, 11) is 1.48. The molecular formula is C11H14N2O3. The number of hydrogen-bond acceptors (Lipinski definition) is 5. The zero-order valence-corrected chi connectivity index (χ0v) is 9.18. The van der Waals surface area contributed by atoms with Crippen LogP contribution in [0, 0.1) is 5.92 Å². The minimum absolute atomic E-state index is 0.0374. The highest BCUT2D eigenvalue weighted by Crippen LogP contribution is 2.21. The van der Waals surface area contributed by atoms with Crippen LogP contribution in [0.25, 0.3) is 0 Å². The van der Waals surface area contributed by atoms with Gasteiger partial charge in [-0.2, -0.15) is 0 Å². The number of methoxy groups -OCH3 is 1. The van der Waals surface area contributed by atoms with Crippen LogP contribution in [0.5, 0.6) is 5.88 Å². The second kappa shape index (κ2) is 5.03. The normalized spacial score (nSPS) is 20.4. The number of nitrogens with zero attached hydrogens (tertiary/aromatic N) is 2. The summed E-state index contributed by atoms with van der Waals surface area (Å²) in [5, 5.41) is 0. The van der Waals surface area contributed by atoms with Crippen molar-refractivity contribution in [3.8, 4) is 5.88 Å². The van der Waals surface area contributed by atoms with E-state index in [0.717, 1.165) is 19.4 Å². The molecule has 1 saturated heterocycles. The molecule has 2 rings (SSSR count). The average Bonchev–Trinajstić information content (AvgIpc) is 2.39. The zero-order chi connectivity index (χ0) is 11.4. The molecule has 1 unspecified atom stereocenters. The van der Waals surface area contributed by atoms with E-state index in [1.165, 1.54) is 19.5 Å². The minimum Gasteiger partial charge on any atom is -0.479 e. The van der Waals surface area contributed by atoms with Gasteiger partial charge < -0.3 is 9.47 Å². The Hall–Kier alpha value is -1.49. The van der Waals surface area contributed by atoms with E-state index in [9.17, 15) is 4.79 Å². The van der Waals surface area contributed by atoms with E-state index in [1.807, 2.05) is 0 Å². The molecule has 1 aromatic rings. The summed E-state index contributed by atoms with van der Waals surface area (Å²) in [4.78, 5) is 20.1. The molecule has 1 aliphatic heterocycles. The molecule has 1 atom stereocenters. The third-order valence-electron chi connectivity index (χ3n) is 2.62. The molecule has 1 aliphatic rings. The Morgan fingerprint density at radius 1 is 1.50 bits per heavy atom. The van der Waals surface area contributed by atoms with E-state index in [4.69, 9.17) is 9.47 Å². The van der Waals surface area contributed by atoms with Crippen molar-refractivity contribution in [1.82, 2.24) is 9.97 Å². The van der Waals surface area contributed by atoms with Crippen LogP contribution in [-0.2, 0) is 4.74 Å². The molecule has 0 radical (unpaired) electrons. The SMILES string of the molecule is COc1nccnc1C(=O)C1CCCOC1. The average molecular weight is 222 g/mol. The highest BCUT2D eigenvalue weighted by atomic mass is 16.5. The Morgan fingerprint density at radius 3 is 3.00 bits per heavy atom. The molecule has 0 aromatic carbocycles. The van der Waals surface area contributed by atoms with Crippen molar-refractivity contribution in [3.05, 3.63) is 18.1 Å². The van der Waals surface area contributed by atoms with Crippen molar-refractivity contribution >= 4 is 5.78 Å². The van der Waals surface area contributed by atoms with Crippen molar-refractivity contribution < 1.29 is 14.3 Å². The molecule has 1 aromatic heterocycles. The molecular weight excluding hydrogens is 208 g/mol. The molecule has 0 N–H and O–H groups in total. The predicted molar refractivity (Wildman–Crippen MR) is 56.5 cm³/mol. The van der Waals surface area contributed by atoms with E-state index in [0.29, 0.717) is 12.3 Å². The number of ketones is 1. The predicted octanol–water partition coefficient (Wildman–Crippen LogP) is 1.09. The molecule has 0 aliphatic carbocycles. The van der Waals surface area contributed by atoms with Crippen LogP contribution in [0.1, 0.15) is 23.3 Å². The van der Waals surface area contributed by atoms with Crippen LogP contribution < -0.4 is 4.74 Å². The maximum atomic E-state index is 12.1. The highest BCUT2D eigenvalue weighted by Gasteiger charge is 2.26. The highest BCUT2D eigenvalue weighted by molar-refractivity contribution is 5.98. The van der Waals surface area contributed by atoms with Crippen LogP contribution in [0.15, 0.2) is 12.4 Å². The summed E-state index contributed by atoms with van der Waals surface area (Å²) in [6.07, 6.45) is 4.77. The number of ether oxygens (including phenoxy) is 2. The number of Topliss-reactive ketones (excluding diaryl/α,β-unsaturated/α-hetero) is 1. The summed E-state index contributed by atoms with van der Waals surface area (Å²) < 4.78 is 10.3. The molecule has 16 heavy (non-hydrogen) atoms. The van der Waals surface area contributed by atoms with Crippen molar-refractivity contribution in [2.24, 2.45) is 5.92 Å². The molecule has 5 heteroatoms. The maximum Gasteiger partial charge on any atom is 0.243 e. The Morgan fingerprint density at radius 2 is 2.31 bits per heavy atom. The van der Waals surface area contributed by atoms with Gasteiger partial charge in [0, 0.05) is 24.9 Å². The van der Waals surface area contributed by atoms with Gasteiger partial charge in [-0.3, -0.25) is 4.79 Å². The zero-order valence-electron chi connectivity index (χ0n) is 9.18. The largest absolute Gasteiger partial charge is 0.479 e. The smallest absolute Gasteiger partial charge is 0.243 e. The van der Waals surface area contributed by atoms with Crippen LogP contribution >= 0.6 is 0 Å². The summed E-state index contributed by atoms with van der Waals surface area (Å²) >= 11 is 0. The van der Waals surface area contributed by atoms with Gasteiger partial charge in [-0.1, -0.05) is 0 Å². The van der Waals surface area contributed by atoms with Gasteiger partial charge in [0.1, 0.15) is 0 Å². The topological polar surface area (TPSA) is 61.3 Å². The Bertz CT molecular complexity index is 375. The fourth-order valence-corrected chi connectivity index (χ4v) is 1.78. The second-order valence-electron chi connectivity index (χ2n) is 3.69. The molecule has 0 bridgehead atoms. The standard InChI is InChI=1S/C11H14N2O3/c1-15-11-9(12-4-5-13-11)10(14)8-3-2-6-16-7-8/h4-5,8H,2-3,6-7H2,1H3. The number of carbonyl (C=O) groups excluding carboxylic acids is 1. The van der Waals surface area contributed by atoms with Crippen molar-refractivity contribution in [2.45, 2.75) is 12.8 Å². The summed E-state index contributed by atoms with van der Waals surface area (Å²) in [5.41, 5.74) is 0.306. The van der Waals surface area contributed by atoms with Gasteiger partial charge in [0.25, 0.3) is 0 Å². The quantitative estimate of drug-likeness (QED) is 0.716. The maximum absolute atomic E-state index is 12.1. The van der Waals surface area contributed by atoms with Crippen molar-refractivity contribution in [1.29, 1.82) is 0 Å². The lowest BCUT2D eigenvalue weighted by molar-refractivity contribution is 0.0455. The first kappa shape index (κ1) is 11.0. The van der Waals surface area contributed by atoms with Crippen molar-refractivity contribution in [3.63, 3.8) is 0 Å². The van der Waals surface area contributed by atoms with Gasteiger partial charge in [-0.15, -0.1) is 0 Å². The van der Waals surface area contributed by atoms with E-state index in [-0.39, 0.29) is 17.6 Å². The van der Waals surface area contributed by atoms with Crippen LogP contribution in [0.4, 0.5) is 0 Å². The fraction of sp³-hybridized carbons (Fsp3) is 0.545. The van der Waals surface area contributed by atoms with E-state index < -0.39 is 0 Å². The molecule has 2 heterocycles. The number of hydrogen-bond donors (Lipinski definition) is 0. The second-order valence-corrected chi connectivity index (χ2v) is 3.69. The molecule has 0 spiro atoms. The van der Waals surface area contributed by atoms with Crippen LogP contribution in [0.2, 0.25) is 0 Å². The van der Waals surface area contributed by atoms with Gasteiger partial charge in [-0.05, 0) is 12.8 Å². The lowest BCUT2D eigenvalue weighted by Gasteiger charge is -2.20. The van der Waals surface area contributed by atoms with Crippen molar-refractivity contribution in [2.75, 3.05) is 20.3 Å². The minimum atomic E-state index is -0.112. The summed E-state index contributed by atoms with van der Waals surface area (Å²) in [5.74, 6) is 0.141. The third kappa shape index (κ3) is 2.19. The monoisotopic (exact) mass is 222 g/mol. The molecule has 0 amide bonds. The van der Waals surface area contributed by atoms with Gasteiger partial charge >= 0.3 is 0 Å². The third-order valence-corrected chi connectivity index (χ3v) is 2.62. The summed E-state index contributed by atoms with van der Waals surface area (Å²) in [6.45, 7) is 1.21. The fourth-order valence-electron chi connectivity index (χ4n) is 1.78. The molecule has 86 valence electrons. The number of carbonyl (C=O) groups is 1. The van der Waals surface area contributed by atoms with Gasteiger partial charge in [-0.25, -0.2) is 9.97 Å². The number of rotatable bonds is 3.